The number of nitrogens with one attached hydrogen (secondary N) is 3. The fourth-order valence-corrected chi connectivity index (χ4v) is 5.44. The first-order valence-electron chi connectivity index (χ1n) is 10.3. The highest BCUT2D eigenvalue weighted by Gasteiger charge is 2.18. The van der Waals surface area contributed by atoms with Gasteiger partial charge in [-0.05, 0) is 80.5 Å². The van der Waals surface area contributed by atoms with Crippen molar-refractivity contribution in [1.29, 1.82) is 0 Å². The minimum Gasteiger partial charge on any atom is -0.358 e. The molecule has 7 heteroatoms. The molecule has 4 rings (SSSR count). The Morgan fingerprint density at radius 3 is 2.67 bits per heavy atom. The second-order valence-electron chi connectivity index (χ2n) is 7.97. The molecular weight excluding hydrogens is 398 g/mol. The van der Waals surface area contributed by atoms with Crippen LogP contribution in [0.5, 0.6) is 0 Å². The summed E-state index contributed by atoms with van der Waals surface area (Å²) in [5.41, 5.74) is 5.85. The summed E-state index contributed by atoms with van der Waals surface area (Å²) in [6.45, 7) is 3.97. The Balaban J connectivity index is 1.38. The summed E-state index contributed by atoms with van der Waals surface area (Å²) in [4.78, 5) is 16.3. The van der Waals surface area contributed by atoms with Gasteiger partial charge in [0.2, 0.25) is 10.0 Å². The van der Waals surface area contributed by atoms with Gasteiger partial charge in [-0.25, -0.2) is 13.1 Å². The number of hydrogen-bond donors (Lipinski definition) is 3. The van der Waals surface area contributed by atoms with Crippen LogP contribution < -0.4 is 10.0 Å². The normalized spacial score (nSPS) is 13.9. The molecular formula is C23H27N3O3S. The van der Waals surface area contributed by atoms with Crippen molar-refractivity contribution in [3.05, 3.63) is 64.3 Å². The average molecular weight is 426 g/mol. The average Bonchev–Trinajstić information content (AvgIpc) is 3.10. The van der Waals surface area contributed by atoms with E-state index in [1.807, 2.05) is 25.1 Å². The summed E-state index contributed by atoms with van der Waals surface area (Å²) in [6.07, 6.45) is 4.48. The first kappa shape index (κ1) is 20.6. The van der Waals surface area contributed by atoms with Gasteiger partial charge in [-0.1, -0.05) is 12.1 Å². The third kappa shape index (κ3) is 4.13. The summed E-state index contributed by atoms with van der Waals surface area (Å²) >= 11 is 0. The lowest BCUT2D eigenvalue weighted by molar-refractivity contribution is 0.0954. The number of carbonyl (C=O) groups is 1. The van der Waals surface area contributed by atoms with Gasteiger partial charge >= 0.3 is 0 Å². The van der Waals surface area contributed by atoms with Crippen molar-refractivity contribution in [1.82, 2.24) is 15.0 Å². The van der Waals surface area contributed by atoms with E-state index in [0.717, 1.165) is 29.3 Å². The van der Waals surface area contributed by atoms with Crippen LogP contribution in [0.4, 0.5) is 0 Å². The molecule has 6 nitrogen and oxygen atoms in total. The number of amides is 1. The van der Waals surface area contributed by atoms with Crippen molar-refractivity contribution in [3.8, 4) is 0 Å². The largest absolute Gasteiger partial charge is 0.358 e. The summed E-state index contributed by atoms with van der Waals surface area (Å²) < 4.78 is 27.7. The standard InChI is InChI=1S/C23H27N3O3S/c1-15-7-8-16(2)22(13-15)30(28,29)25-12-11-24-23(27)17-9-10-21-19(14-17)18-5-3-4-6-20(18)26-21/h7-10,13-14,25-26H,3-6,11-12H2,1-2H3,(H,24,27). The zero-order valence-corrected chi connectivity index (χ0v) is 18.2. The molecule has 1 aliphatic rings. The van der Waals surface area contributed by atoms with Gasteiger partial charge in [-0.15, -0.1) is 0 Å². The Morgan fingerprint density at radius 1 is 1.03 bits per heavy atom. The van der Waals surface area contributed by atoms with E-state index in [0.29, 0.717) is 11.1 Å². The van der Waals surface area contributed by atoms with Crippen molar-refractivity contribution in [3.63, 3.8) is 0 Å². The van der Waals surface area contributed by atoms with E-state index in [4.69, 9.17) is 0 Å². The van der Waals surface area contributed by atoms with E-state index in [-0.39, 0.29) is 23.9 Å². The molecule has 3 N–H and O–H groups in total. The lowest BCUT2D eigenvalue weighted by Crippen LogP contribution is -2.35. The first-order valence-corrected chi connectivity index (χ1v) is 11.8. The van der Waals surface area contributed by atoms with Crippen LogP contribution in [0.15, 0.2) is 41.3 Å². The van der Waals surface area contributed by atoms with Crippen LogP contribution in [0.3, 0.4) is 0 Å². The monoisotopic (exact) mass is 425 g/mol. The number of H-pyrrole nitrogens is 1. The molecule has 1 amide bonds. The van der Waals surface area contributed by atoms with Crippen LogP contribution in [0.1, 0.15) is 45.6 Å². The molecule has 3 aromatic rings. The van der Waals surface area contributed by atoms with Crippen LogP contribution in [0.25, 0.3) is 10.9 Å². The topological polar surface area (TPSA) is 91.1 Å². The molecule has 1 aliphatic carbocycles. The minimum atomic E-state index is -3.61. The number of aryl methyl sites for hydroxylation is 4. The lowest BCUT2D eigenvalue weighted by Gasteiger charge is -2.11. The van der Waals surface area contributed by atoms with Crippen molar-refractivity contribution in [2.45, 2.75) is 44.4 Å². The van der Waals surface area contributed by atoms with Crippen molar-refractivity contribution >= 4 is 26.8 Å². The van der Waals surface area contributed by atoms with Gasteiger partial charge in [0, 0.05) is 35.2 Å². The van der Waals surface area contributed by atoms with Gasteiger partial charge in [0.25, 0.3) is 5.91 Å². The molecule has 2 aromatic carbocycles. The maximum atomic E-state index is 12.6. The number of carbonyl (C=O) groups excluding carboxylic acids is 1. The van der Waals surface area contributed by atoms with Crippen LogP contribution in [-0.2, 0) is 22.9 Å². The molecule has 0 radical (unpaired) electrons. The Labute approximate surface area is 177 Å². The molecule has 30 heavy (non-hydrogen) atoms. The number of aromatic nitrogens is 1. The highest BCUT2D eigenvalue weighted by atomic mass is 32.2. The molecule has 1 aromatic heterocycles. The van der Waals surface area contributed by atoms with E-state index >= 15 is 0 Å². The summed E-state index contributed by atoms with van der Waals surface area (Å²) in [7, 11) is -3.61. The van der Waals surface area contributed by atoms with Crippen LogP contribution >= 0.6 is 0 Å². The molecule has 0 unspecified atom stereocenters. The fraction of sp³-hybridized carbons (Fsp3) is 0.348. The lowest BCUT2D eigenvalue weighted by atomic mass is 9.95. The molecule has 0 aliphatic heterocycles. The molecule has 0 fully saturated rings. The van der Waals surface area contributed by atoms with E-state index in [1.54, 1.807) is 25.1 Å². The second-order valence-corrected chi connectivity index (χ2v) is 9.71. The number of hydrogen-bond acceptors (Lipinski definition) is 3. The van der Waals surface area contributed by atoms with Crippen LogP contribution in [0.2, 0.25) is 0 Å². The predicted molar refractivity (Wildman–Crippen MR) is 118 cm³/mol. The number of rotatable bonds is 6. The summed E-state index contributed by atoms with van der Waals surface area (Å²) in [6, 6.07) is 11.0. The van der Waals surface area contributed by atoms with E-state index < -0.39 is 10.0 Å². The third-order valence-electron chi connectivity index (χ3n) is 5.70. The second kappa shape index (κ2) is 8.24. The SMILES string of the molecule is Cc1ccc(C)c(S(=O)(=O)NCCNC(=O)c2ccc3[nH]c4c(c3c2)CCCC4)c1. The van der Waals surface area contributed by atoms with Gasteiger partial charge in [0.05, 0.1) is 4.90 Å². The highest BCUT2D eigenvalue weighted by Crippen LogP contribution is 2.29. The van der Waals surface area contributed by atoms with E-state index in [2.05, 4.69) is 15.0 Å². The maximum absolute atomic E-state index is 12.6. The van der Waals surface area contributed by atoms with Crippen molar-refractivity contribution in [2.24, 2.45) is 0 Å². The molecule has 0 saturated carbocycles. The van der Waals surface area contributed by atoms with Gasteiger partial charge in [0.1, 0.15) is 0 Å². The zero-order chi connectivity index (χ0) is 21.3. The van der Waals surface area contributed by atoms with E-state index in [9.17, 15) is 13.2 Å². The number of fused-ring (bicyclic) bond motifs is 3. The van der Waals surface area contributed by atoms with Crippen LogP contribution in [0, 0.1) is 13.8 Å². The molecule has 0 saturated heterocycles. The third-order valence-corrected chi connectivity index (χ3v) is 7.30. The molecule has 158 valence electrons. The quantitative estimate of drug-likeness (QED) is 0.529. The van der Waals surface area contributed by atoms with Gasteiger partial charge in [0.15, 0.2) is 0 Å². The zero-order valence-electron chi connectivity index (χ0n) is 17.3. The number of benzene rings is 2. The minimum absolute atomic E-state index is 0.128. The summed E-state index contributed by atoms with van der Waals surface area (Å²) in [5.74, 6) is -0.200. The van der Waals surface area contributed by atoms with Gasteiger partial charge in [-0.3, -0.25) is 4.79 Å². The van der Waals surface area contributed by atoms with Gasteiger partial charge < -0.3 is 10.3 Å². The molecule has 0 spiro atoms. The highest BCUT2D eigenvalue weighted by molar-refractivity contribution is 7.89. The maximum Gasteiger partial charge on any atom is 0.251 e. The first-order chi connectivity index (χ1) is 14.3. The van der Waals surface area contributed by atoms with Crippen LogP contribution in [-0.4, -0.2) is 32.4 Å². The van der Waals surface area contributed by atoms with Crippen molar-refractivity contribution < 1.29 is 13.2 Å². The van der Waals surface area contributed by atoms with E-state index in [1.165, 1.54) is 24.1 Å². The Bertz CT molecular complexity index is 1210. The molecule has 0 bridgehead atoms. The van der Waals surface area contributed by atoms with Gasteiger partial charge in [-0.2, -0.15) is 0 Å². The molecule has 0 atom stereocenters. The Morgan fingerprint density at radius 2 is 1.83 bits per heavy atom. The summed E-state index contributed by atoms with van der Waals surface area (Å²) in [5, 5.41) is 3.93. The fourth-order valence-electron chi connectivity index (χ4n) is 4.09. The Kier molecular flexibility index (Phi) is 5.66. The Hall–Kier alpha value is -2.64. The number of sulfonamides is 1. The predicted octanol–water partition coefficient (Wildman–Crippen LogP) is 3.37. The van der Waals surface area contributed by atoms with Crippen molar-refractivity contribution in [2.75, 3.05) is 13.1 Å². The molecule has 1 heterocycles. The number of aromatic amines is 1. The smallest absolute Gasteiger partial charge is 0.251 e.